The highest BCUT2D eigenvalue weighted by Gasteiger charge is 2.03. The van der Waals surface area contributed by atoms with Gasteiger partial charge >= 0.3 is 0 Å². The highest BCUT2D eigenvalue weighted by Crippen LogP contribution is 2.28. The van der Waals surface area contributed by atoms with E-state index in [-0.39, 0.29) is 0 Å². The third-order valence-electron chi connectivity index (χ3n) is 2.24. The molecule has 0 saturated heterocycles. The van der Waals surface area contributed by atoms with Crippen LogP contribution in [0.4, 0.5) is 5.69 Å². The molecular weight excluding hydrogens is 230 g/mol. The number of pyridine rings is 1. The van der Waals surface area contributed by atoms with Gasteiger partial charge in [0, 0.05) is 16.8 Å². The summed E-state index contributed by atoms with van der Waals surface area (Å²) >= 11 is 1.56. The summed E-state index contributed by atoms with van der Waals surface area (Å²) in [6, 6.07) is 13.6. The van der Waals surface area contributed by atoms with Crippen LogP contribution in [0.3, 0.4) is 0 Å². The molecule has 0 atom stereocenters. The third-order valence-corrected chi connectivity index (χ3v) is 3.18. The predicted molar refractivity (Wildman–Crippen MR) is 68.5 cm³/mol. The Bertz CT molecular complexity index is 546. The number of aromatic nitrogens is 1. The lowest BCUT2D eigenvalue weighted by molar-refractivity contribution is 1.13. The molecule has 1 aromatic heterocycles. The number of benzene rings is 1. The average Bonchev–Trinajstić information content (AvgIpc) is 2.35. The van der Waals surface area contributed by atoms with Crippen molar-refractivity contribution in [2.24, 2.45) is 0 Å². The first kappa shape index (κ1) is 11.5. The van der Waals surface area contributed by atoms with Crippen molar-refractivity contribution in [1.82, 2.24) is 4.98 Å². The molecule has 0 bridgehead atoms. The number of hydrogen-bond acceptors (Lipinski definition) is 4. The maximum atomic E-state index is 8.70. The Kier molecular flexibility index (Phi) is 3.63. The van der Waals surface area contributed by atoms with Crippen LogP contribution in [0, 0.1) is 11.3 Å². The first-order valence-corrected chi connectivity index (χ1v) is 5.95. The Balaban J connectivity index is 2.23. The molecule has 0 spiro atoms. The van der Waals surface area contributed by atoms with E-state index in [1.165, 1.54) is 0 Å². The van der Waals surface area contributed by atoms with Gasteiger partial charge in [0.25, 0.3) is 0 Å². The summed E-state index contributed by atoms with van der Waals surface area (Å²) in [5, 5.41) is 9.63. The zero-order valence-corrected chi connectivity index (χ0v) is 9.95. The fourth-order valence-electron chi connectivity index (χ4n) is 1.41. The molecule has 17 heavy (non-hydrogen) atoms. The van der Waals surface area contributed by atoms with E-state index in [1.807, 2.05) is 36.4 Å². The second kappa shape index (κ2) is 5.37. The van der Waals surface area contributed by atoms with Gasteiger partial charge in [-0.1, -0.05) is 17.8 Å². The van der Waals surface area contributed by atoms with E-state index >= 15 is 0 Å². The molecule has 1 aromatic carbocycles. The molecule has 3 nitrogen and oxygen atoms in total. The third kappa shape index (κ3) is 2.99. The van der Waals surface area contributed by atoms with Crippen molar-refractivity contribution in [2.75, 3.05) is 5.73 Å². The van der Waals surface area contributed by atoms with E-state index in [2.05, 4.69) is 11.1 Å². The van der Waals surface area contributed by atoms with Crippen LogP contribution in [0.15, 0.2) is 52.5 Å². The van der Waals surface area contributed by atoms with E-state index in [1.54, 1.807) is 18.0 Å². The summed E-state index contributed by atoms with van der Waals surface area (Å²) in [4.78, 5) is 5.28. The van der Waals surface area contributed by atoms with Gasteiger partial charge in [-0.25, -0.2) is 4.98 Å². The van der Waals surface area contributed by atoms with Crippen LogP contribution in [-0.4, -0.2) is 4.98 Å². The molecule has 4 heteroatoms. The number of hydrogen-bond donors (Lipinski definition) is 1. The molecule has 0 aliphatic carbocycles. The van der Waals surface area contributed by atoms with Gasteiger partial charge in [0.05, 0.1) is 12.5 Å². The lowest BCUT2D eigenvalue weighted by atomic mass is 10.1. The fourth-order valence-corrected chi connectivity index (χ4v) is 2.25. The van der Waals surface area contributed by atoms with Gasteiger partial charge in [-0.05, 0) is 35.9 Å². The quantitative estimate of drug-likeness (QED) is 0.839. The maximum Gasteiger partial charge on any atom is 0.101 e. The molecule has 0 aliphatic heterocycles. The lowest BCUT2D eigenvalue weighted by Gasteiger charge is -2.05. The Hall–Kier alpha value is -1.99. The number of nitriles is 1. The molecular formula is C13H11N3S. The predicted octanol–water partition coefficient (Wildman–Crippen LogP) is 2.88. The number of anilines is 1. The Labute approximate surface area is 104 Å². The van der Waals surface area contributed by atoms with E-state index in [4.69, 9.17) is 11.0 Å². The van der Waals surface area contributed by atoms with Crippen molar-refractivity contribution in [1.29, 1.82) is 5.26 Å². The van der Waals surface area contributed by atoms with Crippen LogP contribution in [0.1, 0.15) is 5.56 Å². The van der Waals surface area contributed by atoms with Gasteiger partial charge in [-0.2, -0.15) is 5.26 Å². The molecule has 0 saturated carbocycles. The standard InChI is InChI=1S/C13H11N3S/c14-7-6-10-9-11(4-5-12(10)15)17-13-3-1-2-8-16-13/h1-5,8-9H,6,15H2. The minimum atomic E-state index is 0.336. The zero-order valence-electron chi connectivity index (χ0n) is 9.13. The molecule has 0 amide bonds. The first-order chi connectivity index (χ1) is 8.29. The number of nitrogen functional groups attached to an aromatic ring is 1. The zero-order chi connectivity index (χ0) is 12.1. The summed E-state index contributed by atoms with van der Waals surface area (Å²) in [6.07, 6.45) is 2.10. The topological polar surface area (TPSA) is 62.7 Å². The van der Waals surface area contributed by atoms with E-state index in [0.717, 1.165) is 15.5 Å². The highest BCUT2D eigenvalue weighted by molar-refractivity contribution is 7.99. The molecule has 2 N–H and O–H groups in total. The van der Waals surface area contributed by atoms with Crippen molar-refractivity contribution in [3.8, 4) is 6.07 Å². The SMILES string of the molecule is N#CCc1cc(Sc2ccccn2)ccc1N. The van der Waals surface area contributed by atoms with Crippen LogP contribution >= 0.6 is 11.8 Å². The molecule has 0 aliphatic rings. The van der Waals surface area contributed by atoms with E-state index in [9.17, 15) is 0 Å². The average molecular weight is 241 g/mol. The van der Waals surface area contributed by atoms with Crippen LogP contribution in [-0.2, 0) is 6.42 Å². The molecule has 0 fully saturated rings. The van der Waals surface area contributed by atoms with Crippen LogP contribution in [0.5, 0.6) is 0 Å². The van der Waals surface area contributed by atoms with E-state index < -0.39 is 0 Å². The van der Waals surface area contributed by atoms with Gasteiger partial charge in [0.15, 0.2) is 0 Å². The Morgan fingerprint density at radius 3 is 2.88 bits per heavy atom. The Morgan fingerprint density at radius 1 is 1.29 bits per heavy atom. The highest BCUT2D eigenvalue weighted by atomic mass is 32.2. The Morgan fingerprint density at radius 2 is 2.18 bits per heavy atom. The number of nitrogens with zero attached hydrogens (tertiary/aromatic N) is 2. The number of nitrogens with two attached hydrogens (primary N) is 1. The van der Waals surface area contributed by atoms with Gasteiger partial charge in [-0.15, -0.1) is 0 Å². The van der Waals surface area contributed by atoms with Crippen molar-refractivity contribution in [3.63, 3.8) is 0 Å². The van der Waals surface area contributed by atoms with Crippen molar-refractivity contribution in [2.45, 2.75) is 16.3 Å². The van der Waals surface area contributed by atoms with Crippen LogP contribution in [0.2, 0.25) is 0 Å². The largest absolute Gasteiger partial charge is 0.398 e. The van der Waals surface area contributed by atoms with Crippen LogP contribution in [0.25, 0.3) is 0 Å². The second-order valence-corrected chi connectivity index (χ2v) is 4.56. The van der Waals surface area contributed by atoms with Crippen LogP contribution < -0.4 is 5.73 Å². The summed E-state index contributed by atoms with van der Waals surface area (Å²) < 4.78 is 0. The van der Waals surface area contributed by atoms with Crippen molar-refractivity contribution in [3.05, 3.63) is 48.2 Å². The molecule has 0 radical (unpaired) electrons. The van der Waals surface area contributed by atoms with Crippen molar-refractivity contribution < 1.29 is 0 Å². The fraction of sp³-hybridized carbons (Fsp3) is 0.0769. The van der Waals surface area contributed by atoms with Gasteiger partial charge in [0.1, 0.15) is 5.03 Å². The first-order valence-electron chi connectivity index (χ1n) is 5.14. The summed E-state index contributed by atoms with van der Waals surface area (Å²) in [6.45, 7) is 0. The molecule has 2 aromatic rings. The minimum Gasteiger partial charge on any atom is -0.398 e. The van der Waals surface area contributed by atoms with Crippen molar-refractivity contribution >= 4 is 17.4 Å². The second-order valence-electron chi connectivity index (χ2n) is 3.47. The van der Waals surface area contributed by atoms with E-state index in [0.29, 0.717) is 12.1 Å². The monoisotopic (exact) mass is 241 g/mol. The minimum absolute atomic E-state index is 0.336. The smallest absolute Gasteiger partial charge is 0.101 e. The van der Waals surface area contributed by atoms with Gasteiger partial charge < -0.3 is 5.73 Å². The molecule has 84 valence electrons. The summed E-state index contributed by atoms with van der Waals surface area (Å²) in [7, 11) is 0. The molecule has 0 unspecified atom stereocenters. The molecule has 2 rings (SSSR count). The maximum absolute atomic E-state index is 8.70. The molecule has 1 heterocycles. The normalized spacial score (nSPS) is 9.82. The summed E-state index contributed by atoms with van der Waals surface area (Å²) in [5.41, 5.74) is 7.33. The lowest BCUT2D eigenvalue weighted by Crippen LogP contribution is -1.93. The number of rotatable bonds is 3. The van der Waals surface area contributed by atoms with Gasteiger partial charge in [-0.3, -0.25) is 0 Å². The summed E-state index contributed by atoms with van der Waals surface area (Å²) in [5.74, 6) is 0. The van der Waals surface area contributed by atoms with Gasteiger partial charge in [0.2, 0.25) is 0 Å².